The van der Waals surface area contributed by atoms with E-state index in [-0.39, 0.29) is 5.91 Å². The molecule has 1 aliphatic rings. The molecule has 1 aliphatic heterocycles. The zero-order chi connectivity index (χ0) is 18.0. The van der Waals surface area contributed by atoms with Gasteiger partial charge in [0.05, 0.1) is 0 Å². The van der Waals surface area contributed by atoms with Crippen molar-refractivity contribution in [2.75, 3.05) is 39.8 Å². The van der Waals surface area contributed by atoms with E-state index in [1.807, 2.05) is 27.8 Å². The molecule has 0 aromatic carbocycles. The van der Waals surface area contributed by atoms with Gasteiger partial charge in [0.1, 0.15) is 5.60 Å². The molecule has 1 heterocycles. The molecule has 0 aromatic heterocycles. The quantitative estimate of drug-likeness (QED) is 0.655. The highest BCUT2D eigenvalue weighted by molar-refractivity contribution is 5.75. The van der Waals surface area contributed by atoms with Gasteiger partial charge in [0, 0.05) is 26.6 Å². The van der Waals surface area contributed by atoms with Crippen molar-refractivity contribution in [2.45, 2.75) is 64.9 Å². The number of rotatable bonds is 9. The number of ether oxygens (including phenoxy) is 1. The van der Waals surface area contributed by atoms with Crippen LogP contribution in [0.25, 0.3) is 0 Å². The lowest BCUT2D eigenvalue weighted by Gasteiger charge is -2.20. The van der Waals surface area contributed by atoms with E-state index in [4.69, 9.17) is 4.74 Å². The van der Waals surface area contributed by atoms with Crippen LogP contribution >= 0.6 is 0 Å². The fraction of sp³-hybridized carbons (Fsp3) is 0.889. The van der Waals surface area contributed by atoms with Crippen molar-refractivity contribution < 1.29 is 14.3 Å². The highest BCUT2D eigenvalue weighted by Crippen LogP contribution is 2.09. The second kappa shape index (κ2) is 10.5. The molecule has 24 heavy (non-hydrogen) atoms. The Kier molecular flexibility index (Phi) is 9.11. The Morgan fingerprint density at radius 2 is 1.79 bits per heavy atom. The number of hydrogen-bond donors (Lipinski definition) is 1. The molecule has 1 fully saturated rings. The van der Waals surface area contributed by atoms with Crippen molar-refractivity contribution in [2.24, 2.45) is 0 Å². The van der Waals surface area contributed by atoms with Crippen LogP contribution in [0.5, 0.6) is 0 Å². The molecule has 1 rings (SSSR count). The zero-order valence-corrected chi connectivity index (χ0v) is 15.9. The largest absolute Gasteiger partial charge is 0.444 e. The smallest absolute Gasteiger partial charge is 0.407 e. The third-order valence-electron chi connectivity index (χ3n) is 4.08. The van der Waals surface area contributed by atoms with Crippen molar-refractivity contribution in [1.29, 1.82) is 0 Å². The van der Waals surface area contributed by atoms with E-state index >= 15 is 0 Å². The van der Waals surface area contributed by atoms with E-state index in [1.54, 1.807) is 4.90 Å². The Labute approximate surface area is 146 Å². The van der Waals surface area contributed by atoms with Crippen molar-refractivity contribution in [3.05, 3.63) is 0 Å². The Hall–Kier alpha value is -1.30. The van der Waals surface area contributed by atoms with E-state index in [0.717, 1.165) is 25.9 Å². The number of hydrogen-bond acceptors (Lipinski definition) is 4. The number of nitrogens with zero attached hydrogens (tertiary/aromatic N) is 2. The lowest BCUT2D eigenvalue weighted by atomic mass is 10.2. The van der Waals surface area contributed by atoms with Crippen LogP contribution in [0, 0.1) is 0 Å². The molecule has 0 saturated carbocycles. The summed E-state index contributed by atoms with van der Waals surface area (Å²) in [5.74, 6) is 0.141. The minimum Gasteiger partial charge on any atom is -0.444 e. The first kappa shape index (κ1) is 20.7. The number of carbonyl (C=O) groups is 2. The van der Waals surface area contributed by atoms with Crippen LogP contribution in [-0.2, 0) is 9.53 Å². The first-order valence-corrected chi connectivity index (χ1v) is 9.21. The molecular weight excluding hydrogens is 306 g/mol. The summed E-state index contributed by atoms with van der Waals surface area (Å²) in [4.78, 5) is 27.8. The van der Waals surface area contributed by atoms with Gasteiger partial charge in [0.15, 0.2) is 0 Å². The molecule has 140 valence electrons. The SMILES string of the molecule is CN(CCCCN1CCCC1)C(=O)CCCNC(=O)OC(C)(C)C. The minimum atomic E-state index is -0.491. The summed E-state index contributed by atoms with van der Waals surface area (Å²) in [6.07, 6.45) is 5.53. The molecule has 1 N–H and O–H groups in total. The monoisotopic (exact) mass is 341 g/mol. The maximum Gasteiger partial charge on any atom is 0.407 e. The summed E-state index contributed by atoms with van der Waals surface area (Å²) in [6, 6.07) is 0. The van der Waals surface area contributed by atoms with Gasteiger partial charge in [-0.1, -0.05) is 0 Å². The molecule has 2 amide bonds. The first-order chi connectivity index (χ1) is 11.3. The Balaban J connectivity index is 2.01. The predicted molar refractivity (Wildman–Crippen MR) is 96.0 cm³/mol. The van der Waals surface area contributed by atoms with Crippen LogP contribution in [0.1, 0.15) is 59.3 Å². The molecule has 0 atom stereocenters. The number of nitrogens with one attached hydrogen (secondary N) is 1. The normalized spacial score (nSPS) is 15.3. The fourth-order valence-corrected chi connectivity index (χ4v) is 2.75. The van der Waals surface area contributed by atoms with Gasteiger partial charge in [-0.3, -0.25) is 4.79 Å². The van der Waals surface area contributed by atoms with Crippen LogP contribution in [0.3, 0.4) is 0 Å². The van der Waals surface area contributed by atoms with Crippen molar-refractivity contribution in [3.8, 4) is 0 Å². The molecule has 0 aromatic rings. The molecule has 6 heteroatoms. The van der Waals surface area contributed by atoms with Gasteiger partial charge in [-0.05, 0) is 72.5 Å². The fourth-order valence-electron chi connectivity index (χ4n) is 2.75. The van der Waals surface area contributed by atoms with Gasteiger partial charge in [0.2, 0.25) is 5.91 Å². The van der Waals surface area contributed by atoms with Crippen LogP contribution < -0.4 is 5.32 Å². The molecule has 0 unspecified atom stereocenters. The van der Waals surface area contributed by atoms with E-state index in [0.29, 0.717) is 19.4 Å². The van der Waals surface area contributed by atoms with Crippen LogP contribution in [0.15, 0.2) is 0 Å². The maximum atomic E-state index is 12.0. The summed E-state index contributed by atoms with van der Waals surface area (Å²) >= 11 is 0. The minimum absolute atomic E-state index is 0.141. The second-order valence-electron chi connectivity index (χ2n) is 7.60. The zero-order valence-electron chi connectivity index (χ0n) is 15.9. The second-order valence-corrected chi connectivity index (χ2v) is 7.60. The number of alkyl carbamates (subject to hydrolysis) is 1. The van der Waals surface area contributed by atoms with Gasteiger partial charge in [-0.25, -0.2) is 4.79 Å². The summed E-state index contributed by atoms with van der Waals surface area (Å²) in [5.41, 5.74) is -0.491. The number of unbranched alkanes of at least 4 members (excludes halogenated alkanes) is 1. The molecule has 1 saturated heterocycles. The molecule has 0 bridgehead atoms. The van der Waals surface area contributed by atoms with Gasteiger partial charge < -0.3 is 19.9 Å². The Bertz CT molecular complexity index is 387. The van der Waals surface area contributed by atoms with E-state index < -0.39 is 11.7 Å². The van der Waals surface area contributed by atoms with Gasteiger partial charge in [-0.2, -0.15) is 0 Å². The van der Waals surface area contributed by atoms with Crippen molar-refractivity contribution in [3.63, 3.8) is 0 Å². The van der Waals surface area contributed by atoms with Gasteiger partial charge in [-0.15, -0.1) is 0 Å². The highest BCUT2D eigenvalue weighted by atomic mass is 16.6. The van der Waals surface area contributed by atoms with Crippen molar-refractivity contribution in [1.82, 2.24) is 15.1 Å². The lowest BCUT2D eigenvalue weighted by Crippen LogP contribution is -2.34. The van der Waals surface area contributed by atoms with Crippen molar-refractivity contribution >= 4 is 12.0 Å². The van der Waals surface area contributed by atoms with E-state index in [9.17, 15) is 9.59 Å². The summed E-state index contributed by atoms with van der Waals surface area (Å²) < 4.78 is 5.15. The molecule has 0 radical (unpaired) electrons. The number of amides is 2. The van der Waals surface area contributed by atoms with Crippen LogP contribution in [0.4, 0.5) is 4.79 Å². The highest BCUT2D eigenvalue weighted by Gasteiger charge is 2.16. The molecule has 0 spiro atoms. The summed E-state index contributed by atoms with van der Waals surface area (Å²) in [5, 5.41) is 2.68. The molecule has 0 aliphatic carbocycles. The third kappa shape index (κ3) is 9.75. The van der Waals surface area contributed by atoms with E-state index in [1.165, 1.54) is 25.9 Å². The molecular formula is C18H35N3O3. The number of carbonyl (C=O) groups excluding carboxylic acids is 2. The Morgan fingerprint density at radius 1 is 1.12 bits per heavy atom. The van der Waals surface area contributed by atoms with E-state index in [2.05, 4.69) is 10.2 Å². The summed E-state index contributed by atoms with van der Waals surface area (Å²) in [6.45, 7) is 10.4. The number of likely N-dealkylation sites (tertiary alicyclic amines) is 1. The lowest BCUT2D eigenvalue weighted by molar-refractivity contribution is -0.130. The van der Waals surface area contributed by atoms with Gasteiger partial charge in [0.25, 0.3) is 0 Å². The average molecular weight is 341 g/mol. The topological polar surface area (TPSA) is 61.9 Å². The maximum absolute atomic E-state index is 12.0. The van der Waals surface area contributed by atoms with Crippen LogP contribution in [-0.4, -0.2) is 67.2 Å². The Morgan fingerprint density at radius 3 is 2.42 bits per heavy atom. The first-order valence-electron chi connectivity index (χ1n) is 9.21. The van der Waals surface area contributed by atoms with Gasteiger partial charge >= 0.3 is 6.09 Å². The standard InChI is InChI=1S/C18H35N3O3/c1-18(2,3)24-17(23)19-11-9-10-16(22)20(4)12-5-6-13-21-14-7-8-15-21/h5-15H2,1-4H3,(H,19,23). The summed E-state index contributed by atoms with van der Waals surface area (Å²) in [7, 11) is 1.86. The molecule has 6 nitrogen and oxygen atoms in total. The average Bonchev–Trinajstić information content (AvgIpc) is 2.99. The third-order valence-corrected chi connectivity index (χ3v) is 4.08. The van der Waals surface area contributed by atoms with Crippen LogP contribution in [0.2, 0.25) is 0 Å². The predicted octanol–water partition coefficient (Wildman–Crippen LogP) is 2.63.